The molecule has 1 aromatic heterocycles. The molecule has 0 aliphatic carbocycles. The number of ether oxygens (including phenoxy) is 1. The van der Waals surface area contributed by atoms with Crippen LogP contribution in [0.1, 0.15) is 6.92 Å². The van der Waals surface area contributed by atoms with Crippen LogP contribution in [0, 0.1) is 0 Å². The molecule has 0 atom stereocenters. The van der Waals surface area contributed by atoms with Gasteiger partial charge in [-0.25, -0.2) is 4.68 Å². The van der Waals surface area contributed by atoms with Gasteiger partial charge in [0.05, 0.1) is 18.2 Å². The maximum absolute atomic E-state index is 6.13. The Labute approximate surface area is 110 Å². The van der Waals surface area contributed by atoms with Crippen LogP contribution >= 0.6 is 11.6 Å². The fraction of sp³-hybridized carbons (Fsp3) is 0.364. The van der Waals surface area contributed by atoms with E-state index < -0.39 is 0 Å². The molecule has 0 radical (unpaired) electrons. The summed E-state index contributed by atoms with van der Waals surface area (Å²) in [5.74, 6) is 0.590. The zero-order valence-electron chi connectivity index (χ0n) is 10.0. The maximum atomic E-state index is 6.13. The second-order valence-corrected chi connectivity index (χ2v) is 4.07. The predicted molar refractivity (Wildman–Crippen MR) is 69.2 cm³/mol. The third kappa shape index (κ3) is 2.77. The minimum Gasteiger partial charge on any atom is -0.399 e. The molecule has 2 aromatic rings. The number of anilines is 1. The number of aromatic nitrogens is 4. The highest BCUT2D eigenvalue weighted by Crippen LogP contribution is 2.27. The molecular formula is C11H14ClN5O. The Bertz CT molecular complexity index is 528. The highest BCUT2D eigenvalue weighted by Gasteiger charge is 2.12. The van der Waals surface area contributed by atoms with Gasteiger partial charge in [-0.05, 0) is 35.5 Å². The highest BCUT2D eigenvalue weighted by molar-refractivity contribution is 6.33. The summed E-state index contributed by atoms with van der Waals surface area (Å²) in [5, 5.41) is 12.1. The minimum absolute atomic E-state index is 0.550. The van der Waals surface area contributed by atoms with Crippen LogP contribution in [-0.2, 0) is 11.3 Å². The summed E-state index contributed by atoms with van der Waals surface area (Å²) in [5.41, 5.74) is 7.08. The van der Waals surface area contributed by atoms with Crippen molar-refractivity contribution in [2.24, 2.45) is 0 Å². The van der Waals surface area contributed by atoms with E-state index in [4.69, 9.17) is 22.1 Å². The van der Waals surface area contributed by atoms with Gasteiger partial charge in [0.25, 0.3) is 0 Å². The zero-order valence-corrected chi connectivity index (χ0v) is 10.8. The number of nitrogens with two attached hydrogens (primary N) is 1. The standard InChI is InChI=1S/C11H14ClN5O/c1-2-18-6-5-17-11(14-15-16-17)9-7-8(13)3-4-10(9)12/h3-4,7H,2,5-6,13H2,1H3. The molecule has 7 heteroatoms. The molecule has 6 nitrogen and oxygen atoms in total. The number of rotatable bonds is 5. The van der Waals surface area contributed by atoms with Crippen molar-refractivity contribution in [3.05, 3.63) is 23.2 Å². The number of hydrogen-bond acceptors (Lipinski definition) is 5. The number of nitrogens with zero attached hydrogens (tertiary/aromatic N) is 4. The first-order chi connectivity index (χ1) is 8.72. The Morgan fingerprint density at radius 1 is 1.44 bits per heavy atom. The molecule has 0 aliphatic rings. The summed E-state index contributed by atoms with van der Waals surface area (Å²) in [6, 6.07) is 5.22. The predicted octanol–water partition coefficient (Wildman–Crippen LogP) is 1.61. The Kier molecular flexibility index (Phi) is 4.11. The Balaban J connectivity index is 2.27. The molecule has 0 saturated heterocycles. The molecule has 96 valence electrons. The highest BCUT2D eigenvalue weighted by atomic mass is 35.5. The normalized spacial score (nSPS) is 10.8. The summed E-state index contributed by atoms with van der Waals surface area (Å²) >= 11 is 6.13. The number of halogens is 1. The molecule has 2 N–H and O–H groups in total. The number of nitrogen functional groups attached to an aromatic ring is 1. The van der Waals surface area contributed by atoms with Gasteiger partial charge in [0.1, 0.15) is 0 Å². The largest absolute Gasteiger partial charge is 0.399 e. The van der Waals surface area contributed by atoms with Crippen molar-refractivity contribution in [2.75, 3.05) is 18.9 Å². The third-order valence-electron chi connectivity index (χ3n) is 2.41. The van der Waals surface area contributed by atoms with Gasteiger partial charge >= 0.3 is 0 Å². The Morgan fingerprint density at radius 2 is 2.28 bits per heavy atom. The second kappa shape index (κ2) is 5.79. The Morgan fingerprint density at radius 3 is 3.06 bits per heavy atom. The first-order valence-corrected chi connectivity index (χ1v) is 5.99. The molecule has 18 heavy (non-hydrogen) atoms. The van der Waals surface area contributed by atoms with Crippen LogP contribution in [0.4, 0.5) is 5.69 Å². The molecule has 1 heterocycles. The van der Waals surface area contributed by atoms with Crippen molar-refractivity contribution >= 4 is 17.3 Å². The lowest BCUT2D eigenvalue weighted by Gasteiger charge is -2.06. The molecule has 0 amide bonds. The summed E-state index contributed by atoms with van der Waals surface area (Å²) in [4.78, 5) is 0. The van der Waals surface area contributed by atoms with E-state index in [0.29, 0.717) is 36.3 Å². The second-order valence-electron chi connectivity index (χ2n) is 3.66. The van der Waals surface area contributed by atoms with Crippen LogP contribution in [0.3, 0.4) is 0 Å². The fourth-order valence-corrected chi connectivity index (χ4v) is 1.76. The topological polar surface area (TPSA) is 78.8 Å². The lowest BCUT2D eigenvalue weighted by molar-refractivity contribution is 0.136. The number of benzene rings is 1. The third-order valence-corrected chi connectivity index (χ3v) is 2.74. The van der Waals surface area contributed by atoms with E-state index in [-0.39, 0.29) is 0 Å². The number of hydrogen-bond donors (Lipinski definition) is 1. The van der Waals surface area contributed by atoms with Crippen molar-refractivity contribution in [3.8, 4) is 11.4 Å². The van der Waals surface area contributed by atoms with Gasteiger partial charge in [-0.15, -0.1) is 5.10 Å². The minimum atomic E-state index is 0.550. The van der Waals surface area contributed by atoms with Crippen LogP contribution in [0.25, 0.3) is 11.4 Å². The first-order valence-electron chi connectivity index (χ1n) is 5.61. The average Bonchev–Trinajstić information content (AvgIpc) is 2.81. The molecule has 1 aromatic carbocycles. The van der Waals surface area contributed by atoms with Crippen molar-refractivity contribution in [2.45, 2.75) is 13.5 Å². The van der Waals surface area contributed by atoms with Gasteiger partial charge in [-0.3, -0.25) is 0 Å². The van der Waals surface area contributed by atoms with Crippen molar-refractivity contribution in [1.82, 2.24) is 20.2 Å². The average molecular weight is 268 g/mol. The zero-order chi connectivity index (χ0) is 13.0. The molecule has 0 spiro atoms. The van der Waals surface area contributed by atoms with E-state index in [0.717, 1.165) is 5.56 Å². The summed E-state index contributed by atoms with van der Waals surface area (Å²) in [6.45, 7) is 3.72. The fourth-order valence-electron chi connectivity index (χ4n) is 1.56. The lowest BCUT2D eigenvalue weighted by Crippen LogP contribution is -2.09. The SMILES string of the molecule is CCOCCn1nnnc1-c1cc(N)ccc1Cl. The van der Waals surface area contributed by atoms with Crippen LogP contribution in [-0.4, -0.2) is 33.4 Å². The summed E-state index contributed by atoms with van der Waals surface area (Å²) in [7, 11) is 0. The van der Waals surface area contributed by atoms with Crippen molar-refractivity contribution in [3.63, 3.8) is 0 Å². The lowest BCUT2D eigenvalue weighted by atomic mass is 10.2. The maximum Gasteiger partial charge on any atom is 0.183 e. The first kappa shape index (κ1) is 12.8. The van der Waals surface area contributed by atoms with Gasteiger partial charge in [0.15, 0.2) is 5.82 Å². The Hall–Kier alpha value is -1.66. The van der Waals surface area contributed by atoms with Gasteiger partial charge in [0.2, 0.25) is 0 Å². The molecular weight excluding hydrogens is 254 g/mol. The summed E-state index contributed by atoms with van der Waals surface area (Å²) < 4.78 is 6.93. The van der Waals surface area contributed by atoms with Gasteiger partial charge < -0.3 is 10.5 Å². The van der Waals surface area contributed by atoms with Crippen molar-refractivity contribution in [1.29, 1.82) is 0 Å². The van der Waals surface area contributed by atoms with Gasteiger partial charge in [-0.2, -0.15) is 0 Å². The summed E-state index contributed by atoms with van der Waals surface area (Å²) in [6.07, 6.45) is 0. The molecule has 0 bridgehead atoms. The monoisotopic (exact) mass is 267 g/mol. The van der Waals surface area contributed by atoms with E-state index >= 15 is 0 Å². The van der Waals surface area contributed by atoms with Crippen molar-refractivity contribution < 1.29 is 4.74 Å². The van der Waals surface area contributed by atoms with Gasteiger partial charge in [0, 0.05) is 17.9 Å². The van der Waals surface area contributed by atoms with Gasteiger partial charge in [-0.1, -0.05) is 11.6 Å². The molecule has 0 unspecified atom stereocenters. The molecule has 0 aliphatic heterocycles. The van der Waals surface area contributed by atoms with E-state index in [1.807, 2.05) is 6.92 Å². The number of tetrazole rings is 1. The molecule has 2 rings (SSSR count). The molecule has 0 fully saturated rings. The van der Waals surface area contributed by atoms with Crippen LogP contribution < -0.4 is 5.73 Å². The smallest absolute Gasteiger partial charge is 0.183 e. The van der Waals surface area contributed by atoms with E-state index in [1.54, 1.807) is 22.9 Å². The van der Waals surface area contributed by atoms with E-state index in [1.165, 1.54) is 0 Å². The molecule has 0 saturated carbocycles. The van der Waals surface area contributed by atoms with Crippen LogP contribution in [0.5, 0.6) is 0 Å². The van der Waals surface area contributed by atoms with Crippen LogP contribution in [0.2, 0.25) is 5.02 Å². The van der Waals surface area contributed by atoms with E-state index in [9.17, 15) is 0 Å². The quantitative estimate of drug-likeness (QED) is 0.658. The van der Waals surface area contributed by atoms with Crippen LogP contribution in [0.15, 0.2) is 18.2 Å². The van der Waals surface area contributed by atoms with E-state index in [2.05, 4.69) is 15.5 Å².